The Hall–Kier alpha value is -2.87. The van der Waals surface area contributed by atoms with Gasteiger partial charge < -0.3 is 10.1 Å². The van der Waals surface area contributed by atoms with E-state index in [1.54, 1.807) is 24.2 Å². The Labute approximate surface area is 167 Å². The van der Waals surface area contributed by atoms with Crippen LogP contribution in [0.1, 0.15) is 29.3 Å². The van der Waals surface area contributed by atoms with E-state index in [4.69, 9.17) is 4.74 Å². The number of benzene rings is 1. The monoisotopic (exact) mass is 403 g/mol. The molecule has 0 bridgehead atoms. The minimum absolute atomic E-state index is 0.0352. The van der Waals surface area contributed by atoms with Gasteiger partial charge in [0.25, 0.3) is 0 Å². The van der Waals surface area contributed by atoms with Gasteiger partial charge in [0.1, 0.15) is 6.04 Å². The fraction of sp³-hybridized carbons (Fsp3) is 0.381. The topological polar surface area (TPSA) is 71.5 Å². The number of carbonyl (C=O) groups is 2. The first-order valence-electron chi connectivity index (χ1n) is 9.27. The summed E-state index contributed by atoms with van der Waals surface area (Å²) in [6.45, 7) is 2.09. The van der Waals surface area contributed by atoms with Gasteiger partial charge in [-0.3, -0.25) is 19.5 Å². The second-order valence-corrected chi connectivity index (χ2v) is 7.12. The minimum atomic E-state index is -1.02. The van der Waals surface area contributed by atoms with Crippen LogP contribution in [-0.2, 0) is 20.9 Å². The summed E-state index contributed by atoms with van der Waals surface area (Å²) in [4.78, 5) is 31.0. The highest BCUT2D eigenvalue weighted by Gasteiger charge is 2.48. The maximum absolute atomic E-state index is 14.5. The molecule has 3 rings (SSSR count). The molecule has 2 aromatic rings. The van der Waals surface area contributed by atoms with E-state index < -0.39 is 35.6 Å². The molecule has 6 nitrogen and oxygen atoms in total. The molecule has 0 unspecified atom stereocenters. The van der Waals surface area contributed by atoms with Gasteiger partial charge in [0.15, 0.2) is 11.6 Å². The first-order chi connectivity index (χ1) is 13.8. The molecule has 1 aromatic heterocycles. The Bertz CT molecular complexity index is 922. The summed E-state index contributed by atoms with van der Waals surface area (Å²) >= 11 is 0. The van der Waals surface area contributed by atoms with Gasteiger partial charge in [-0.05, 0) is 38.1 Å². The number of pyridine rings is 1. The third kappa shape index (κ3) is 4.12. The van der Waals surface area contributed by atoms with E-state index in [1.165, 1.54) is 19.2 Å². The van der Waals surface area contributed by atoms with Crippen molar-refractivity contribution in [3.63, 3.8) is 0 Å². The highest BCUT2D eigenvalue weighted by molar-refractivity contribution is 5.83. The molecule has 0 saturated carbocycles. The van der Waals surface area contributed by atoms with E-state index in [0.717, 1.165) is 11.6 Å². The van der Waals surface area contributed by atoms with E-state index in [1.807, 2.05) is 13.0 Å². The van der Waals surface area contributed by atoms with E-state index in [9.17, 15) is 18.4 Å². The number of methoxy groups -OCH3 is 1. The van der Waals surface area contributed by atoms with Gasteiger partial charge in [0, 0.05) is 11.8 Å². The van der Waals surface area contributed by atoms with Crippen molar-refractivity contribution in [3.05, 3.63) is 65.0 Å². The molecule has 1 saturated heterocycles. The number of nitrogens with one attached hydrogen (secondary N) is 1. The lowest BCUT2D eigenvalue weighted by atomic mass is 9.91. The van der Waals surface area contributed by atoms with Crippen molar-refractivity contribution in [1.29, 1.82) is 0 Å². The van der Waals surface area contributed by atoms with Gasteiger partial charge in [-0.2, -0.15) is 0 Å². The molecule has 3 atom stereocenters. The van der Waals surface area contributed by atoms with Gasteiger partial charge in [0.05, 0.1) is 31.3 Å². The second-order valence-electron chi connectivity index (χ2n) is 7.12. The molecule has 1 aliphatic heterocycles. The largest absolute Gasteiger partial charge is 0.468 e. The summed E-state index contributed by atoms with van der Waals surface area (Å²) in [6.07, 6.45) is 1.77. The number of rotatable bonds is 5. The summed E-state index contributed by atoms with van der Waals surface area (Å²) in [5.41, 5.74) is 1.68. The number of esters is 1. The molecule has 8 heteroatoms. The summed E-state index contributed by atoms with van der Waals surface area (Å²) in [6, 6.07) is 5.98. The molecule has 2 heterocycles. The zero-order valence-electron chi connectivity index (χ0n) is 16.5. The van der Waals surface area contributed by atoms with Crippen LogP contribution in [0.2, 0.25) is 0 Å². The molecule has 1 aromatic carbocycles. The summed E-state index contributed by atoms with van der Waals surface area (Å²) in [7, 11) is 2.86. The second kappa shape index (κ2) is 8.65. The summed E-state index contributed by atoms with van der Waals surface area (Å²) < 4.78 is 33.2. The third-order valence-electron chi connectivity index (χ3n) is 5.45. The zero-order valence-corrected chi connectivity index (χ0v) is 16.5. The molecular weight excluding hydrogens is 380 g/mol. The predicted octanol–water partition coefficient (Wildman–Crippen LogP) is 2.52. The number of ether oxygens (including phenoxy) is 1. The number of likely N-dealkylation sites (N-methyl/N-ethyl adjacent to an activating group) is 1. The number of amides is 1. The smallest absolute Gasteiger partial charge is 0.323 e. The Morgan fingerprint density at radius 1 is 1.28 bits per heavy atom. The summed E-state index contributed by atoms with van der Waals surface area (Å²) in [5, 5.41) is 2.82. The highest BCUT2D eigenvalue weighted by atomic mass is 19.2. The van der Waals surface area contributed by atoms with Gasteiger partial charge >= 0.3 is 5.97 Å². The molecule has 0 spiro atoms. The lowest BCUT2D eigenvalue weighted by Crippen LogP contribution is -2.37. The molecule has 0 radical (unpaired) electrons. The van der Waals surface area contributed by atoms with Crippen LogP contribution < -0.4 is 5.32 Å². The lowest BCUT2D eigenvalue weighted by Gasteiger charge is -2.27. The van der Waals surface area contributed by atoms with Crippen LogP contribution >= 0.6 is 0 Å². The minimum Gasteiger partial charge on any atom is -0.468 e. The normalized spacial score (nSPS) is 21.8. The zero-order chi connectivity index (χ0) is 21.1. The summed E-state index contributed by atoms with van der Waals surface area (Å²) in [5.74, 6) is -3.66. The number of hydrogen-bond donors (Lipinski definition) is 1. The van der Waals surface area contributed by atoms with Gasteiger partial charge in [-0.1, -0.05) is 18.2 Å². The van der Waals surface area contributed by atoms with Gasteiger partial charge in [0.2, 0.25) is 5.91 Å². The van der Waals surface area contributed by atoms with E-state index in [-0.39, 0.29) is 24.4 Å². The van der Waals surface area contributed by atoms with Crippen LogP contribution in [0.4, 0.5) is 8.78 Å². The molecular formula is C21H23F2N3O3. The van der Waals surface area contributed by atoms with Crippen LogP contribution in [-0.4, -0.2) is 42.0 Å². The quantitative estimate of drug-likeness (QED) is 0.777. The van der Waals surface area contributed by atoms with Crippen LogP contribution in [0.5, 0.6) is 0 Å². The van der Waals surface area contributed by atoms with E-state index in [2.05, 4.69) is 10.3 Å². The number of aryl methyl sites for hydroxylation is 1. The number of nitrogens with zero attached hydrogens (tertiary/aromatic N) is 2. The molecule has 1 N–H and O–H groups in total. The maximum atomic E-state index is 14.5. The number of hydrogen-bond acceptors (Lipinski definition) is 5. The number of carbonyl (C=O) groups excluding carboxylic acids is 2. The van der Waals surface area contributed by atoms with Gasteiger partial charge in [-0.15, -0.1) is 0 Å². The predicted molar refractivity (Wildman–Crippen MR) is 102 cm³/mol. The Morgan fingerprint density at radius 2 is 2.03 bits per heavy atom. The SMILES string of the molecule is COC(=O)[C@@H]1C[C@H](C(=O)NCc2ncccc2C)[C@H](c2cccc(F)c2F)N1C. The average Bonchev–Trinajstić information content (AvgIpc) is 3.06. The van der Waals surface area contributed by atoms with Crippen molar-refractivity contribution >= 4 is 11.9 Å². The third-order valence-corrected chi connectivity index (χ3v) is 5.45. The molecule has 1 aliphatic rings. The van der Waals surface area contributed by atoms with E-state index in [0.29, 0.717) is 5.69 Å². The molecule has 29 heavy (non-hydrogen) atoms. The molecule has 1 amide bonds. The van der Waals surface area contributed by atoms with Crippen LogP contribution in [0.3, 0.4) is 0 Å². The highest BCUT2D eigenvalue weighted by Crippen LogP contribution is 2.41. The Balaban J connectivity index is 1.88. The van der Waals surface area contributed by atoms with Crippen molar-refractivity contribution < 1.29 is 23.1 Å². The molecule has 154 valence electrons. The number of likely N-dealkylation sites (tertiary alicyclic amines) is 1. The average molecular weight is 403 g/mol. The van der Waals surface area contributed by atoms with Crippen molar-refractivity contribution in [1.82, 2.24) is 15.2 Å². The van der Waals surface area contributed by atoms with E-state index >= 15 is 0 Å². The van der Waals surface area contributed by atoms with Crippen molar-refractivity contribution in [3.8, 4) is 0 Å². The Morgan fingerprint density at radius 3 is 2.72 bits per heavy atom. The van der Waals surface area contributed by atoms with Crippen LogP contribution in [0.15, 0.2) is 36.5 Å². The molecule has 0 aliphatic carbocycles. The fourth-order valence-electron chi connectivity index (χ4n) is 3.85. The number of aromatic nitrogens is 1. The van der Waals surface area contributed by atoms with Crippen molar-refractivity contribution in [2.24, 2.45) is 5.92 Å². The molecule has 1 fully saturated rings. The first kappa shape index (κ1) is 20.9. The first-order valence-corrected chi connectivity index (χ1v) is 9.27. The Kier molecular flexibility index (Phi) is 6.22. The fourth-order valence-corrected chi connectivity index (χ4v) is 3.85. The number of halogens is 2. The van der Waals surface area contributed by atoms with Gasteiger partial charge in [-0.25, -0.2) is 8.78 Å². The standard InChI is InChI=1S/C21H23F2N3O3/c1-12-6-5-9-24-16(12)11-25-20(27)14-10-17(21(28)29-3)26(2)19(14)13-7-4-8-15(22)18(13)23/h4-9,14,17,19H,10-11H2,1-3H3,(H,25,27)/t14-,17-,19-/m0/s1. The van der Waals surface area contributed by atoms with Crippen LogP contribution in [0.25, 0.3) is 0 Å². The van der Waals surface area contributed by atoms with Crippen molar-refractivity contribution in [2.45, 2.75) is 32.0 Å². The maximum Gasteiger partial charge on any atom is 0.323 e. The van der Waals surface area contributed by atoms with Crippen LogP contribution in [0, 0.1) is 24.5 Å². The lowest BCUT2D eigenvalue weighted by molar-refractivity contribution is -0.145. The van der Waals surface area contributed by atoms with Crippen molar-refractivity contribution in [2.75, 3.05) is 14.2 Å².